The van der Waals surface area contributed by atoms with Crippen molar-refractivity contribution in [1.29, 1.82) is 0 Å². The Balaban J connectivity index is 2.04. The third-order valence-corrected chi connectivity index (χ3v) is 5.11. The predicted octanol–water partition coefficient (Wildman–Crippen LogP) is 1.78. The van der Waals surface area contributed by atoms with Crippen molar-refractivity contribution in [3.63, 3.8) is 0 Å². The summed E-state index contributed by atoms with van der Waals surface area (Å²) in [6.07, 6.45) is 5.07. The van der Waals surface area contributed by atoms with Crippen molar-refractivity contribution in [2.45, 2.75) is 30.6 Å². The molecule has 1 aromatic rings. The lowest BCUT2D eigenvalue weighted by atomic mass is 9.83. The smallest absolute Gasteiger partial charge is 0.240 e. The summed E-state index contributed by atoms with van der Waals surface area (Å²) in [5, 5.41) is 3.23. The molecule has 0 bridgehead atoms. The second-order valence-corrected chi connectivity index (χ2v) is 6.86. The van der Waals surface area contributed by atoms with Gasteiger partial charge in [0.2, 0.25) is 10.0 Å². The molecule has 1 aromatic carbocycles. The van der Waals surface area contributed by atoms with Crippen LogP contribution >= 0.6 is 0 Å². The van der Waals surface area contributed by atoms with Gasteiger partial charge < -0.3 is 11.1 Å². The minimum atomic E-state index is -3.42. The molecule has 0 atom stereocenters. The van der Waals surface area contributed by atoms with Crippen molar-refractivity contribution in [3.05, 3.63) is 18.2 Å². The molecule has 0 amide bonds. The second kappa shape index (κ2) is 5.79. The summed E-state index contributed by atoms with van der Waals surface area (Å²) < 4.78 is 25.7. The highest BCUT2D eigenvalue weighted by atomic mass is 32.2. The van der Waals surface area contributed by atoms with Crippen LogP contribution in [0, 0.1) is 5.92 Å². The predicted molar refractivity (Wildman–Crippen MR) is 77.5 cm³/mol. The number of nitrogens with two attached hydrogens (primary N) is 1. The first-order chi connectivity index (χ1) is 9.03. The third kappa shape index (κ3) is 3.39. The van der Waals surface area contributed by atoms with Crippen LogP contribution < -0.4 is 15.8 Å². The average Bonchev–Trinajstić information content (AvgIpc) is 2.34. The number of hydrogen-bond donors (Lipinski definition) is 3. The maximum atomic E-state index is 11.7. The van der Waals surface area contributed by atoms with Gasteiger partial charge in [-0.25, -0.2) is 13.1 Å². The van der Waals surface area contributed by atoms with Crippen LogP contribution in [0.1, 0.15) is 25.7 Å². The molecule has 0 aromatic heterocycles. The van der Waals surface area contributed by atoms with Crippen LogP contribution in [0.2, 0.25) is 0 Å². The summed E-state index contributed by atoms with van der Waals surface area (Å²) >= 11 is 0. The topological polar surface area (TPSA) is 84.2 Å². The Kier molecular flexibility index (Phi) is 4.31. The first-order valence-electron chi connectivity index (χ1n) is 6.60. The van der Waals surface area contributed by atoms with Crippen LogP contribution in [0.4, 0.5) is 11.4 Å². The highest BCUT2D eigenvalue weighted by Crippen LogP contribution is 2.29. The van der Waals surface area contributed by atoms with Gasteiger partial charge in [0.15, 0.2) is 0 Å². The molecule has 0 heterocycles. The van der Waals surface area contributed by atoms with E-state index < -0.39 is 10.0 Å². The van der Waals surface area contributed by atoms with Crippen LogP contribution in [0.3, 0.4) is 0 Å². The van der Waals surface area contributed by atoms with E-state index in [1.54, 1.807) is 12.1 Å². The second-order valence-electron chi connectivity index (χ2n) is 4.97. The van der Waals surface area contributed by atoms with Crippen LogP contribution in [0.25, 0.3) is 0 Å². The van der Waals surface area contributed by atoms with E-state index in [0.717, 1.165) is 18.9 Å². The quantitative estimate of drug-likeness (QED) is 0.695. The fourth-order valence-electron chi connectivity index (χ4n) is 2.17. The van der Waals surface area contributed by atoms with Crippen molar-refractivity contribution in [2.75, 3.05) is 24.6 Å². The lowest BCUT2D eigenvalue weighted by Gasteiger charge is -2.25. The maximum Gasteiger partial charge on any atom is 0.240 e. The molecule has 0 aliphatic heterocycles. The number of nitrogen functional groups attached to an aromatic ring is 1. The van der Waals surface area contributed by atoms with E-state index in [-0.39, 0.29) is 4.90 Å². The summed E-state index contributed by atoms with van der Waals surface area (Å²) in [5.74, 6) is 0.818. The van der Waals surface area contributed by atoms with Crippen molar-refractivity contribution in [2.24, 2.45) is 5.92 Å². The Morgan fingerprint density at radius 3 is 2.68 bits per heavy atom. The highest BCUT2D eigenvalue weighted by molar-refractivity contribution is 7.89. The zero-order valence-electron chi connectivity index (χ0n) is 11.1. The Morgan fingerprint density at radius 2 is 2.11 bits per heavy atom. The maximum absolute atomic E-state index is 11.7. The summed E-state index contributed by atoms with van der Waals surface area (Å²) in [7, 11) is -2.02. The summed E-state index contributed by atoms with van der Waals surface area (Å²) in [5.41, 5.74) is 7.12. The normalized spacial score (nSPS) is 16.1. The molecule has 1 fully saturated rings. The van der Waals surface area contributed by atoms with E-state index in [0.29, 0.717) is 11.4 Å². The van der Waals surface area contributed by atoms with Gasteiger partial charge in [0.05, 0.1) is 16.3 Å². The van der Waals surface area contributed by atoms with Gasteiger partial charge >= 0.3 is 0 Å². The Morgan fingerprint density at radius 1 is 1.37 bits per heavy atom. The van der Waals surface area contributed by atoms with Crippen molar-refractivity contribution < 1.29 is 8.42 Å². The van der Waals surface area contributed by atoms with Gasteiger partial charge in [0.1, 0.15) is 0 Å². The molecule has 1 aliphatic carbocycles. The standard InChI is InChI=1S/C13H21N3O2S/c1-15-19(17,18)11-5-6-12(14)13(9-11)16-8-7-10-3-2-4-10/h5-6,9-10,15-16H,2-4,7-8,14H2,1H3. The Labute approximate surface area is 114 Å². The van der Waals surface area contributed by atoms with Crippen LogP contribution in [-0.2, 0) is 10.0 Å². The van der Waals surface area contributed by atoms with Gasteiger partial charge in [0, 0.05) is 6.54 Å². The molecule has 0 spiro atoms. The Hall–Kier alpha value is -1.27. The summed E-state index contributed by atoms with van der Waals surface area (Å²) in [6.45, 7) is 0.831. The van der Waals surface area contributed by atoms with Gasteiger partial charge in [-0.15, -0.1) is 0 Å². The van der Waals surface area contributed by atoms with Gasteiger partial charge in [0.25, 0.3) is 0 Å². The monoisotopic (exact) mass is 283 g/mol. The first-order valence-corrected chi connectivity index (χ1v) is 8.08. The van der Waals surface area contributed by atoms with Gasteiger partial charge in [-0.05, 0) is 37.6 Å². The molecular weight excluding hydrogens is 262 g/mol. The summed E-state index contributed by atoms with van der Waals surface area (Å²) in [4.78, 5) is 0.232. The number of anilines is 2. The van der Waals surface area contributed by atoms with Crippen molar-refractivity contribution in [3.8, 4) is 0 Å². The molecule has 1 aliphatic rings. The largest absolute Gasteiger partial charge is 0.397 e. The van der Waals surface area contributed by atoms with Crippen LogP contribution in [0.15, 0.2) is 23.1 Å². The molecule has 5 nitrogen and oxygen atoms in total. The fourth-order valence-corrected chi connectivity index (χ4v) is 2.92. The van der Waals surface area contributed by atoms with E-state index in [4.69, 9.17) is 5.73 Å². The third-order valence-electron chi connectivity index (χ3n) is 3.70. The number of sulfonamides is 1. The molecule has 106 valence electrons. The first kappa shape index (κ1) is 14.1. The lowest BCUT2D eigenvalue weighted by molar-refractivity contribution is 0.303. The van der Waals surface area contributed by atoms with Crippen LogP contribution in [0.5, 0.6) is 0 Å². The van der Waals surface area contributed by atoms with Gasteiger partial charge in [-0.3, -0.25) is 0 Å². The van der Waals surface area contributed by atoms with Crippen molar-refractivity contribution in [1.82, 2.24) is 4.72 Å². The number of rotatable bonds is 6. The SMILES string of the molecule is CNS(=O)(=O)c1ccc(N)c(NCCC2CCC2)c1. The average molecular weight is 283 g/mol. The molecule has 19 heavy (non-hydrogen) atoms. The van der Waals surface area contributed by atoms with Crippen molar-refractivity contribution >= 4 is 21.4 Å². The minimum Gasteiger partial charge on any atom is -0.397 e. The molecule has 0 radical (unpaired) electrons. The summed E-state index contributed by atoms with van der Waals surface area (Å²) in [6, 6.07) is 4.72. The number of nitrogens with one attached hydrogen (secondary N) is 2. The molecule has 6 heteroatoms. The zero-order chi connectivity index (χ0) is 13.9. The molecule has 0 saturated heterocycles. The fraction of sp³-hybridized carbons (Fsp3) is 0.538. The van der Waals surface area contributed by atoms with E-state index in [1.807, 2.05) is 0 Å². The van der Waals surface area contributed by atoms with Gasteiger partial charge in [-0.2, -0.15) is 0 Å². The number of benzene rings is 1. The molecule has 4 N–H and O–H groups in total. The lowest BCUT2D eigenvalue weighted by Crippen LogP contribution is -2.19. The van der Waals surface area contributed by atoms with Gasteiger partial charge in [-0.1, -0.05) is 19.3 Å². The van der Waals surface area contributed by atoms with E-state index in [1.165, 1.54) is 32.4 Å². The molecule has 0 unspecified atom stereocenters. The molecule has 2 rings (SSSR count). The Bertz CT molecular complexity index is 539. The van der Waals surface area contributed by atoms with E-state index >= 15 is 0 Å². The highest BCUT2D eigenvalue weighted by Gasteiger charge is 2.17. The molecular formula is C13H21N3O2S. The minimum absolute atomic E-state index is 0.232. The van der Waals surface area contributed by atoms with E-state index in [2.05, 4.69) is 10.0 Å². The molecule has 1 saturated carbocycles. The zero-order valence-corrected chi connectivity index (χ0v) is 12.0. The van der Waals surface area contributed by atoms with E-state index in [9.17, 15) is 8.42 Å². The number of hydrogen-bond acceptors (Lipinski definition) is 4. The van der Waals surface area contributed by atoms with Crippen LogP contribution in [-0.4, -0.2) is 22.0 Å².